The van der Waals surface area contributed by atoms with Crippen molar-refractivity contribution in [3.05, 3.63) is 50.4 Å². The Balaban J connectivity index is 2.20. The molecule has 0 radical (unpaired) electrons. The van der Waals surface area contributed by atoms with Gasteiger partial charge >= 0.3 is 0 Å². The summed E-state index contributed by atoms with van der Waals surface area (Å²) in [6, 6.07) is 10.4. The van der Waals surface area contributed by atoms with Crippen LogP contribution in [0, 0.1) is 13.8 Å². The number of H-pyrrole nitrogens is 1. The maximum Gasteiger partial charge on any atom is 0.138 e. The van der Waals surface area contributed by atoms with Gasteiger partial charge in [-0.25, -0.2) is 4.98 Å². The molecule has 0 amide bonds. The van der Waals surface area contributed by atoms with Gasteiger partial charge in [0.1, 0.15) is 5.82 Å². The fourth-order valence-electron chi connectivity index (χ4n) is 2.10. The second kappa shape index (κ2) is 4.76. The van der Waals surface area contributed by atoms with Crippen LogP contribution >= 0.6 is 31.9 Å². The minimum absolute atomic E-state index is 0.891. The number of imidazole rings is 1. The number of aromatic nitrogens is 2. The Kier molecular flexibility index (Phi) is 3.23. The van der Waals surface area contributed by atoms with Gasteiger partial charge in [-0.15, -0.1) is 0 Å². The standard InChI is InChI=1S/C15H12Br2N2/c1-8-3-13-14(4-9(8)2)19-15(18-13)10-5-11(16)7-12(17)6-10/h3-7H,1-2H3,(H,18,19). The molecule has 0 saturated heterocycles. The van der Waals surface area contributed by atoms with Crippen molar-refractivity contribution in [3.63, 3.8) is 0 Å². The molecule has 3 aromatic rings. The highest BCUT2D eigenvalue weighted by molar-refractivity contribution is 9.11. The van der Waals surface area contributed by atoms with Crippen LogP contribution < -0.4 is 0 Å². The van der Waals surface area contributed by atoms with E-state index in [0.717, 1.165) is 31.4 Å². The van der Waals surface area contributed by atoms with Gasteiger partial charge in [-0.05, 0) is 55.3 Å². The average Bonchev–Trinajstić information content (AvgIpc) is 2.71. The van der Waals surface area contributed by atoms with Crippen molar-refractivity contribution in [2.24, 2.45) is 0 Å². The molecule has 0 unspecified atom stereocenters. The van der Waals surface area contributed by atoms with Gasteiger partial charge < -0.3 is 4.98 Å². The Morgan fingerprint density at radius 3 is 2.21 bits per heavy atom. The van der Waals surface area contributed by atoms with Gasteiger partial charge in [-0.1, -0.05) is 31.9 Å². The summed E-state index contributed by atoms with van der Waals surface area (Å²) in [5, 5.41) is 0. The molecule has 0 fully saturated rings. The number of nitrogens with zero attached hydrogens (tertiary/aromatic N) is 1. The topological polar surface area (TPSA) is 28.7 Å². The molecule has 3 rings (SSSR count). The van der Waals surface area contributed by atoms with E-state index in [1.54, 1.807) is 0 Å². The third-order valence-corrected chi connectivity index (χ3v) is 4.15. The van der Waals surface area contributed by atoms with E-state index in [-0.39, 0.29) is 0 Å². The van der Waals surface area contributed by atoms with Gasteiger partial charge in [-0.2, -0.15) is 0 Å². The summed E-state index contributed by atoms with van der Waals surface area (Å²) in [7, 11) is 0. The van der Waals surface area contributed by atoms with E-state index < -0.39 is 0 Å². The first-order valence-corrected chi connectivity index (χ1v) is 7.55. The number of fused-ring (bicyclic) bond motifs is 1. The zero-order chi connectivity index (χ0) is 13.6. The zero-order valence-corrected chi connectivity index (χ0v) is 13.8. The molecule has 96 valence electrons. The molecule has 0 aliphatic heterocycles. The largest absolute Gasteiger partial charge is 0.338 e. The number of aromatic amines is 1. The zero-order valence-electron chi connectivity index (χ0n) is 10.6. The maximum atomic E-state index is 4.67. The number of aryl methyl sites for hydroxylation is 2. The fourth-order valence-corrected chi connectivity index (χ4v) is 3.39. The van der Waals surface area contributed by atoms with E-state index in [9.17, 15) is 0 Å². The number of nitrogens with one attached hydrogen (secondary N) is 1. The van der Waals surface area contributed by atoms with Crippen molar-refractivity contribution in [1.82, 2.24) is 9.97 Å². The summed E-state index contributed by atoms with van der Waals surface area (Å²) < 4.78 is 2.06. The molecule has 0 atom stereocenters. The Labute approximate surface area is 128 Å². The van der Waals surface area contributed by atoms with Crippen LogP contribution in [-0.2, 0) is 0 Å². The van der Waals surface area contributed by atoms with Crippen LogP contribution in [0.25, 0.3) is 22.4 Å². The van der Waals surface area contributed by atoms with E-state index in [1.165, 1.54) is 11.1 Å². The smallest absolute Gasteiger partial charge is 0.138 e. The Morgan fingerprint density at radius 1 is 0.895 bits per heavy atom. The van der Waals surface area contributed by atoms with Gasteiger partial charge in [0.25, 0.3) is 0 Å². The highest BCUT2D eigenvalue weighted by Crippen LogP contribution is 2.28. The van der Waals surface area contributed by atoms with E-state index in [1.807, 2.05) is 6.07 Å². The van der Waals surface area contributed by atoms with Crippen LogP contribution in [0.5, 0.6) is 0 Å². The maximum absolute atomic E-state index is 4.67. The summed E-state index contributed by atoms with van der Waals surface area (Å²) in [6.45, 7) is 4.23. The summed E-state index contributed by atoms with van der Waals surface area (Å²) in [6.07, 6.45) is 0. The average molecular weight is 380 g/mol. The number of halogens is 2. The molecular weight excluding hydrogens is 368 g/mol. The molecule has 0 saturated carbocycles. The minimum atomic E-state index is 0.891. The lowest BCUT2D eigenvalue weighted by atomic mass is 10.1. The lowest BCUT2D eigenvalue weighted by molar-refractivity contribution is 1.33. The SMILES string of the molecule is Cc1cc2nc(-c3cc(Br)cc(Br)c3)[nH]c2cc1C. The van der Waals surface area contributed by atoms with Gasteiger partial charge in [0.05, 0.1) is 11.0 Å². The van der Waals surface area contributed by atoms with Crippen molar-refractivity contribution in [1.29, 1.82) is 0 Å². The fraction of sp³-hybridized carbons (Fsp3) is 0.133. The van der Waals surface area contributed by atoms with Crippen molar-refractivity contribution in [2.75, 3.05) is 0 Å². The first-order chi connectivity index (χ1) is 9.02. The summed E-state index contributed by atoms with van der Waals surface area (Å²) in [4.78, 5) is 8.05. The lowest BCUT2D eigenvalue weighted by Gasteiger charge is -1.99. The summed E-state index contributed by atoms with van der Waals surface area (Å²) in [5.41, 5.74) is 5.69. The molecular formula is C15H12Br2N2. The second-order valence-electron chi connectivity index (χ2n) is 4.70. The van der Waals surface area contributed by atoms with Crippen molar-refractivity contribution >= 4 is 42.9 Å². The molecule has 0 aliphatic rings. The Morgan fingerprint density at radius 2 is 1.53 bits per heavy atom. The molecule has 1 aromatic heterocycles. The third-order valence-electron chi connectivity index (χ3n) is 3.23. The summed E-state index contributed by atoms with van der Waals surface area (Å²) in [5.74, 6) is 0.891. The molecule has 2 aromatic carbocycles. The van der Waals surface area contributed by atoms with Gasteiger partial charge in [-0.3, -0.25) is 0 Å². The Hall–Kier alpha value is -1.13. The molecule has 0 aliphatic carbocycles. The predicted molar refractivity (Wildman–Crippen MR) is 86.4 cm³/mol. The van der Waals surface area contributed by atoms with Crippen molar-refractivity contribution in [3.8, 4) is 11.4 Å². The summed E-state index contributed by atoms with van der Waals surface area (Å²) >= 11 is 7.01. The van der Waals surface area contributed by atoms with E-state index in [0.29, 0.717) is 0 Å². The predicted octanol–water partition coefficient (Wildman–Crippen LogP) is 5.37. The number of hydrogen-bond donors (Lipinski definition) is 1. The Bertz CT molecular complexity index is 716. The number of rotatable bonds is 1. The minimum Gasteiger partial charge on any atom is -0.338 e. The number of benzene rings is 2. The van der Waals surface area contributed by atoms with Crippen LogP contribution in [-0.4, -0.2) is 9.97 Å². The molecule has 4 heteroatoms. The molecule has 0 bridgehead atoms. The van der Waals surface area contributed by atoms with Crippen LogP contribution in [0.3, 0.4) is 0 Å². The number of hydrogen-bond acceptors (Lipinski definition) is 1. The molecule has 19 heavy (non-hydrogen) atoms. The van der Waals surface area contributed by atoms with Crippen LogP contribution in [0.2, 0.25) is 0 Å². The molecule has 0 spiro atoms. The highest BCUT2D eigenvalue weighted by Gasteiger charge is 2.08. The third kappa shape index (κ3) is 2.47. The van der Waals surface area contributed by atoms with E-state index in [2.05, 4.69) is 79.9 Å². The second-order valence-corrected chi connectivity index (χ2v) is 6.53. The van der Waals surface area contributed by atoms with Crippen LogP contribution in [0.15, 0.2) is 39.3 Å². The highest BCUT2D eigenvalue weighted by atomic mass is 79.9. The van der Waals surface area contributed by atoms with Gasteiger partial charge in [0.2, 0.25) is 0 Å². The normalized spacial score (nSPS) is 11.2. The van der Waals surface area contributed by atoms with Crippen LogP contribution in [0.4, 0.5) is 0 Å². The molecule has 2 nitrogen and oxygen atoms in total. The quantitative estimate of drug-likeness (QED) is 0.604. The van der Waals surface area contributed by atoms with Gasteiger partial charge in [0, 0.05) is 14.5 Å². The van der Waals surface area contributed by atoms with E-state index in [4.69, 9.17) is 0 Å². The molecule has 1 N–H and O–H groups in total. The van der Waals surface area contributed by atoms with Crippen molar-refractivity contribution < 1.29 is 0 Å². The van der Waals surface area contributed by atoms with Gasteiger partial charge in [0.15, 0.2) is 0 Å². The first-order valence-electron chi connectivity index (χ1n) is 5.96. The van der Waals surface area contributed by atoms with Crippen LogP contribution in [0.1, 0.15) is 11.1 Å². The van der Waals surface area contributed by atoms with E-state index >= 15 is 0 Å². The monoisotopic (exact) mass is 378 g/mol. The van der Waals surface area contributed by atoms with Crippen molar-refractivity contribution in [2.45, 2.75) is 13.8 Å². The first kappa shape index (κ1) is 12.9. The molecule has 1 heterocycles. The lowest BCUT2D eigenvalue weighted by Crippen LogP contribution is -1.80.